The van der Waals surface area contributed by atoms with Crippen LogP contribution in [0.4, 0.5) is 0 Å². The van der Waals surface area contributed by atoms with Crippen molar-refractivity contribution in [3.63, 3.8) is 0 Å². The molecule has 0 saturated heterocycles. The average Bonchev–Trinajstić information content (AvgIpc) is 2.59. The Labute approximate surface area is 169 Å². The van der Waals surface area contributed by atoms with Gasteiger partial charge in [-0.2, -0.15) is 8.42 Å². The highest BCUT2D eigenvalue weighted by Gasteiger charge is 2.35. The van der Waals surface area contributed by atoms with E-state index < -0.39 is 38.5 Å². The van der Waals surface area contributed by atoms with Gasteiger partial charge in [0.05, 0.1) is 5.57 Å². The second kappa shape index (κ2) is 14.6. The Morgan fingerprint density at radius 2 is 1.21 bits per heavy atom. The fraction of sp³-hybridized carbons (Fsp3) is 0.800. The Morgan fingerprint density at radius 1 is 0.750 bits per heavy atom. The number of rotatable bonds is 17. The maximum atomic E-state index is 11.6. The third-order valence-electron chi connectivity index (χ3n) is 4.83. The number of aliphatic carboxylic acids is 2. The Bertz CT molecular complexity index is 608. The largest absolute Gasteiger partial charge is 0.478 e. The minimum Gasteiger partial charge on any atom is -0.478 e. The first-order valence-corrected chi connectivity index (χ1v) is 11.8. The van der Waals surface area contributed by atoms with Crippen LogP contribution in [0, 0.1) is 0 Å². The Hall–Kier alpha value is -1.41. The van der Waals surface area contributed by atoms with Crippen molar-refractivity contribution in [1.29, 1.82) is 0 Å². The summed E-state index contributed by atoms with van der Waals surface area (Å²) in [5.74, 6) is -3.06. The minimum atomic E-state index is -4.70. The zero-order valence-electron chi connectivity index (χ0n) is 17.2. The molecule has 8 heteroatoms. The molecule has 0 spiro atoms. The molecule has 0 aliphatic rings. The van der Waals surface area contributed by atoms with Crippen LogP contribution in [0.15, 0.2) is 11.1 Å². The number of unbranched alkanes of at least 4 members (excludes halogenated alkanes) is 9. The maximum absolute atomic E-state index is 11.6. The molecule has 0 rings (SSSR count). The van der Waals surface area contributed by atoms with Crippen LogP contribution in [0.3, 0.4) is 0 Å². The van der Waals surface area contributed by atoms with Gasteiger partial charge in [0.1, 0.15) is 5.25 Å². The van der Waals surface area contributed by atoms with Crippen molar-refractivity contribution < 1.29 is 32.8 Å². The SMILES string of the molecule is CCCCCCCCCCCC/C(C(=O)O)=C(/C(=O)O)C(CCC)S(=O)(=O)O. The molecule has 164 valence electrons. The van der Waals surface area contributed by atoms with Crippen molar-refractivity contribution in [2.45, 2.75) is 103 Å². The van der Waals surface area contributed by atoms with Crippen LogP contribution in [0.25, 0.3) is 0 Å². The van der Waals surface area contributed by atoms with E-state index in [1.165, 1.54) is 32.1 Å². The molecule has 0 aliphatic carbocycles. The number of carboxylic acid groups (broad SMARTS) is 2. The van der Waals surface area contributed by atoms with Gasteiger partial charge in [0.2, 0.25) is 0 Å². The van der Waals surface area contributed by atoms with Gasteiger partial charge in [-0.1, -0.05) is 78.1 Å². The van der Waals surface area contributed by atoms with E-state index in [2.05, 4.69) is 6.92 Å². The summed E-state index contributed by atoms with van der Waals surface area (Å²) in [4.78, 5) is 23.2. The number of carbonyl (C=O) groups is 2. The van der Waals surface area contributed by atoms with Gasteiger partial charge in [-0.15, -0.1) is 0 Å². The van der Waals surface area contributed by atoms with Crippen molar-refractivity contribution in [1.82, 2.24) is 0 Å². The molecule has 3 N–H and O–H groups in total. The van der Waals surface area contributed by atoms with Gasteiger partial charge in [-0.25, -0.2) is 9.59 Å². The molecule has 0 aromatic rings. The summed E-state index contributed by atoms with van der Waals surface area (Å²) < 4.78 is 32.6. The molecule has 0 radical (unpaired) electrons. The van der Waals surface area contributed by atoms with Crippen LogP contribution in [-0.4, -0.2) is 40.4 Å². The number of hydrogen-bond acceptors (Lipinski definition) is 4. The van der Waals surface area contributed by atoms with Crippen LogP contribution in [-0.2, 0) is 19.7 Å². The zero-order chi connectivity index (χ0) is 21.6. The molecule has 0 aromatic carbocycles. The molecule has 0 aliphatic heterocycles. The normalized spacial score (nSPS) is 13.8. The minimum absolute atomic E-state index is 0.0246. The third-order valence-corrected chi connectivity index (χ3v) is 6.02. The molecule has 7 nitrogen and oxygen atoms in total. The van der Waals surface area contributed by atoms with Crippen molar-refractivity contribution in [2.75, 3.05) is 0 Å². The summed E-state index contributed by atoms with van der Waals surface area (Å²) in [7, 11) is -4.70. The average molecular weight is 421 g/mol. The molecule has 28 heavy (non-hydrogen) atoms. The summed E-state index contributed by atoms with van der Waals surface area (Å²) in [6.07, 6.45) is 10.6. The quantitative estimate of drug-likeness (QED) is 0.175. The van der Waals surface area contributed by atoms with Crippen molar-refractivity contribution in [2.24, 2.45) is 0 Å². The molecule has 1 atom stereocenters. The van der Waals surface area contributed by atoms with E-state index in [1.807, 2.05) is 0 Å². The first-order chi connectivity index (χ1) is 13.2. The first kappa shape index (κ1) is 26.6. The monoisotopic (exact) mass is 420 g/mol. The summed E-state index contributed by atoms with van der Waals surface area (Å²) in [6.45, 7) is 3.82. The predicted molar refractivity (Wildman–Crippen MR) is 109 cm³/mol. The van der Waals surface area contributed by atoms with Gasteiger partial charge in [0.25, 0.3) is 10.1 Å². The molecular formula is C20H36O7S. The summed E-state index contributed by atoms with van der Waals surface area (Å²) >= 11 is 0. The lowest BCUT2D eigenvalue weighted by Gasteiger charge is -2.17. The highest BCUT2D eigenvalue weighted by molar-refractivity contribution is 7.86. The summed E-state index contributed by atoms with van der Waals surface area (Å²) in [5.41, 5.74) is -1.14. The lowest BCUT2D eigenvalue weighted by Crippen LogP contribution is -2.30. The molecule has 0 fully saturated rings. The molecule has 0 saturated carbocycles. The van der Waals surface area contributed by atoms with Crippen molar-refractivity contribution in [3.8, 4) is 0 Å². The van der Waals surface area contributed by atoms with E-state index in [9.17, 15) is 32.8 Å². The fourth-order valence-electron chi connectivity index (χ4n) is 3.31. The Balaban J connectivity index is 4.83. The van der Waals surface area contributed by atoms with Crippen LogP contribution in [0.1, 0.15) is 97.3 Å². The lowest BCUT2D eigenvalue weighted by atomic mass is 9.96. The van der Waals surface area contributed by atoms with Crippen LogP contribution < -0.4 is 0 Å². The van der Waals surface area contributed by atoms with Gasteiger partial charge >= 0.3 is 11.9 Å². The van der Waals surface area contributed by atoms with E-state index in [-0.39, 0.29) is 12.8 Å². The molecule has 0 amide bonds. The first-order valence-electron chi connectivity index (χ1n) is 10.3. The second-order valence-electron chi connectivity index (χ2n) is 7.23. The lowest BCUT2D eigenvalue weighted by molar-refractivity contribution is -0.136. The molecule has 1 unspecified atom stereocenters. The van der Waals surface area contributed by atoms with Crippen LogP contribution in [0.5, 0.6) is 0 Å². The summed E-state index contributed by atoms with van der Waals surface area (Å²) in [5, 5.41) is 17.1. The molecule has 0 aromatic heterocycles. The van der Waals surface area contributed by atoms with E-state index in [0.717, 1.165) is 25.7 Å². The van der Waals surface area contributed by atoms with Crippen LogP contribution in [0.2, 0.25) is 0 Å². The van der Waals surface area contributed by atoms with Gasteiger partial charge in [-0.05, 0) is 19.3 Å². The molecular weight excluding hydrogens is 384 g/mol. The predicted octanol–water partition coefficient (Wildman–Crippen LogP) is 4.82. The van der Waals surface area contributed by atoms with E-state index in [1.54, 1.807) is 6.92 Å². The van der Waals surface area contributed by atoms with E-state index >= 15 is 0 Å². The van der Waals surface area contributed by atoms with E-state index in [0.29, 0.717) is 12.8 Å². The molecule has 0 bridgehead atoms. The Morgan fingerprint density at radius 3 is 1.57 bits per heavy atom. The Kier molecular flexibility index (Phi) is 13.8. The highest BCUT2D eigenvalue weighted by atomic mass is 32.2. The smallest absolute Gasteiger partial charge is 0.333 e. The fourth-order valence-corrected chi connectivity index (χ4v) is 4.39. The van der Waals surface area contributed by atoms with Gasteiger partial charge in [-0.3, -0.25) is 4.55 Å². The van der Waals surface area contributed by atoms with Gasteiger partial charge in [0.15, 0.2) is 0 Å². The summed E-state index contributed by atoms with van der Waals surface area (Å²) in [6, 6.07) is 0. The zero-order valence-corrected chi connectivity index (χ0v) is 18.0. The number of carboxylic acids is 2. The van der Waals surface area contributed by atoms with Gasteiger partial charge in [0, 0.05) is 5.57 Å². The van der Waals surface area contributed by atoms with E-state index in [4.69, 9.17) is 0 Å². The third kappa shape index (κ3) is 10.8. The second-order valence-corrected chi connectivity index (χ2v) is 8.83. The highest BCUT2D eigenvalue weighted by Crippen LogP contribution is 2.25. The van der Waals surface area contributed by atoms with Crippen molar-refractivity contribution >= 4 is 22.1 Å². The molecule has 0 heterocycles. The van der Waals surface area contributed by atoms with Crippen molar-refractivity contribution in [3.05, 3.63) is 11.1 Å². The van der Waals surface area contributed by atoms with Gasteiger partial charge < -0.3 is 10.2 Å². The number of hydrogen-bond donors (Lipinski definition) is 3. The standard InChI is InChI=1S/C20H36O7S/c1-3-5-6-7-8-9-10-11-12-13-15-16(19(21)22)18(20(23)24)17(14-4-2)28(25,26)27/h17H,3-15H2,1-2H3,(H,21,22)(H,23,24)(H,25,26,27)/b18-16-. The maximum Gasteiger partial charge on any atom is 0.333 e. The topological polar surface area (TPSA) is 129 Å². The van der Waals surface area contributed by atoms with Crippen LogP contribution >= 0.6 is 0 Å².